The fourth-order valence-corrected chi connectivity index (χ4v) is 2.69. The summed E-state index contributed by atoms with van der Waals surface area (Å²) in [5.74, 6) is 1.14. The molecular formula is C17H14N4O3S. The molecule has 0 saturated carbocycles. The van der Waals surface area contributed by atoms with Gasteiger partial charge in [0.2, 0.25) is 5.13 Å². The number of ether oxygens (including phenoxy) is 1. The Morgan fingerprint density at radius 3 is 2.72 bits per heavy atom. The minimum absolute atomic E-state index is 0.0544. The number of para-hydroxylation sites is 1. The molecular weight excluding hydrogens is 340 g/mol. The van der Waals surface area contributed by atoms with Gasteiger partial charge in [-0.3, -0.25) is 15.5 Å². The predicted octanol–water partition coefficient (Wildman–Crippen LogP) is 4.60. The molecule has 0 unspecified atom stereocenters. The van der Waals surface area contributed by atoms with Crippen molar-refractivity contribution in [1.29, 1.82) is 0 Å². The van der Waals surface area contributed by atoms with E-state index in [9.17, 15) is 10.1 Å². The number of rotatable bonds is 6. The maximum absolute atomic E-state index is 11.2. The number of nitro benzene ring substituents is 1. The number of aryl methyl sites for hydroxylation is 1. The summed E-state index contributed by atoms with van der Waals surface area (Å²) in [4.78, 5) is 15.0. The van der Waals surface area contributed by atoms with Gasteiger partial charge in [-0.05, 0) is 31.2 Å². The first-order chi connectivity index (χ1) is 12.1. The number of nitrogens with zero attached hydrogens (tertiary/aromatic N) is 3. The van der Waals surface area contributed by atoms with Gasteiger partial charge in [0.25, 0.3) is 5.69 Å². The minimum atomic E-state index is -0.457. The van der Waals surface area contributed by atoms with Crippen LogP contribution < -0.4 is 10.2 Å². The monoisotopic (exact) mass is 354 g/mol. The van der Waals surface area contributed by atoms with Crippen molar-refractivity contribution in [3.63, 3.8) is 0 Å². The topological polar surface area (TPSA) is 89.7 Å². The lowest BCUT2D eigenvalue weighted by Gasteiger charge is -2.06. The van der Waals surface area contributed by atoms with E-state index in [0.29, 0.717) is 22.2 Å². The average molecular weight is 354 g/mol. The molecule has 25 heavy (non-hydrogen) atoms. The zero-order chi connectivity index (χ0) is 17.6. The standard InChI is InChI=1S/C17H14N4O3S/c1-12-11-25-17(19-12)20-18-10-13-9-15(7-8-16(13)21(22)23)24-14-5-3-2-4-6-14/h2-11H,1H3,(H,19,20). The number of hydrazone groups is 1. The maximum atomic E-state index is 11.2. The molecule has 0 bridgehead atoms. The number of thiazole rings is 1. The number of nitro groups is 1. The fourth-order valence-electron chi connectivity index (χ4n) is 2.05. The van der Waals surface area contributed by atoms with E-state index in [1.165, 1.54) is 23.6 Å². The zero-order valence-corrected chi connectivity index (χ0v) is 14.1. The second kappa shape index (κ2) is 7.54. The quantitative estimate of drug-likeness (QED) is 0.397. The Bertz CT molecular complexity index is 909. The Morgan fingerprint density at radius 2 is 2.04 bits per heavy atom. The van der Waals surface area contributed by atoms with E-state index in [1.54, 1.807) is 12.1 Å². The van der Waals surface area contributed by atoms with Crippen LogP contribution in [0.1, 0.15) is 11.3 Å². The molecule has 1 heterocycles. The van der Waals surface area contributed by atoms with Gasteiger partial charge in [-0.25, -0.2) is 4.98 Å². The van der Waals surface area contributed by atoms with Crippen LogP contribution in [0, 0.1) is 17.0 Å². The number of benzene rings is 2. The SMILES string of the molecule is Cc1csc(NN=Cc2cc(Oc3ccccc3)ccc2[N+](=O)[O-])n1. The van der Waals surface area contributed by atoms with Gasteiger partial charge in [0.1, 0.15) is 11.5 Å². The molecule has 2 aromatic carbocycles. The summed E-state index contributed by atoms with van der Waals surface area (Å²) in [5, 5.41) is 17.7. The number of aromatic nitrogens is 1. The van der Waals surface area contributed by atoms with Crippen molar-refractivity contribution in [2.45, 2.75) is 6.92 Å². The van der Waals surface area contributed by atoms with Gasteiger partial charge in [-0.1, -0.05) is 18.2 Å². The molecule has 0 aliphatic heterocycles. The van der Waals surface area contributed by atoms with Gasteiger partial charge < -0.3 is 4.74 Å². The molecule has 1 aromatic heterocycles. The molecule has 0 spiro atoms. The van der Waals surface area contributed by atoms with E-state index >= 15 is 0 Å². The van der Waals surface area contributed by atoms with E-state index in [0.717, 1.165) is 5.69 Å². The summed E-state index contributed by atoms with van der Waals surface area (Å²) >= 11 is 1.41. The van der Waals surface area contributed by atoms with Gasteiger partial charge in [0.05, 0.1) is 22.4 Å². The van der Waals surface area contributed by atoms with Crippen LogP contribution in [-0.2, 0) is 0 Å². The Labute approximate surface area is 147 Å². The number of nitrogens with one attached hydrogen (secondary N) is 1. The first kappa shape index (κ1) is 16.6. The third-order valence-corrected chi connectivity index (χ3v) is 4.02. The van der Waals surface area contributed by atoms with Crippen LogP contribution in [0.4, 0.5) is 10.8 Å². The molecule has 1 N–H and O–H groups in total. The molecule has 3 aromatic rings. The van der Waals surface area contributed by atoms with Crippen LogP contribution in [-0.4, -0.2) is 16.1 Å². The second-order valence-corrected chi connectivity index (χ2v) is 5.91. The zero-order valence-electron chi connectivity index (χ0n) is 13.2. The van der Waals surface area contributed by atoms with Gasteiger partial charge in [0, 0.05) is 11.4 Å². The molecule has 7 nitrogen and oxygen atoms in total. The van der Waals surface area contributed by atoms with E-state index < -0.39 is 4.92 Å². The van der Waals surface area contributed by atoms with Crippen LogP contribution in [0.3, 0.4) is 0 Å². The Kier molecular flexibility index (Phi) is 5.00. The molecule has 0 fully saturated rings. The molecule has 0 aliphatic rings. The lowest BCUT2D eigenvalue weighted by Crippen LogP contribution is -1.97. The molecule has 126 valence electrons. The van der Waals surface area contributed by atoms with Crippen molar-refractivity contribution in [3.8, 4) is 11.5 Å². The summed E-state index contributed by atoms with van der Waals surface area (Å²) in [6.07, 6.45) is 1.38. The van der Waals surface area contributed by atoms with Crippen molar-refractivity contribution in [2.75, 3.05) is 5.43 Å². The van der Waals surface area contributed by atoms with Crippen LogP contribution >= 0.6 is 11.3 Å². The van der Waals surface area contributed by atoms with Crippen molar-refractivity contribution < 1.29 is 9.66 Å². The van der Waals surface area contributed by atoms with E-state index in [4.69, 9.17) is 4.74 Å². The summed E-state index contributed by atoms with van der Waals surface area (Å²) < 4.78 is 5.71. The Morgan fingerprint density at radius 1 is 1.24 bits per heavy atom. The number of hydrogen-bond acceptors (Lipinski definition) is 7. The lowest BCUT2D eigenvalue weighted by molar-refractivity contribution is -0.385. The highest BCUT2D eigenvalue weighted by atomic mass is 32.1. The van der Waals surface area contributed by atoms with E-state index in [-0.39, 0.29) is 5.69 Å². The first-order valence-electron chi connectivity index (χ1n) is 7.34. The number of anilines is 1. The summed E-state index contributed by atoms with van der Waals surface area (Å²) in [6.45, 7) is 1.88. The largest absolute Gasteiger partial charge is 0.457 e. The van der Waals surface area contributed by atoms with Gasteiger partial charge in [0.15, 0.2) is 0 Å². The summed E-state index contributed by atoms with van der Waals surface area (Å²) in [6, 6.07) is 13.7. The molecule has 3 rings (SSSR count). The highest BCUT2D eigenvalue weighted by Gasteiger charge is 2.13. The molecule has 8 heteroatoms. The Balaban J connectivity index is 1.82. The van der Waals surface area contributed by atoms with Gasteiger partial charge in [-0.2, -0.15) is 5.10 Å². The number of hydrogen-bond donors (Lipinski definition) is 1. The Hall–Kier alpha value is -3.26. The average Bonchev–Trinajstić information content (AvgIpc) is 3.01. The molecule has 0 amide bonds. The fraction of sp³-hybridized carbons (Fsp3) is 0.0588. The second-order valence-electron chi connectivity index (χ2n) is 5.06. The van der Waals surface area contributed by atoms with Crippen molar-refractivity contribution >= 4 is 28.4 Å². The third-order valence-electron chi connectivity index (χ3n) is 3.16. The van der Waals surface area contributed by atoms with Crippen LogP contribution in [0.2, 0.25) is 0 Å². The van der Waals surface area contributed by atoms with Crippen LogP contribution in [0.25, 0.3) is 0 Å². The maximum Gasteiger partial charge on any atom is 0.278 e. The highest BCUT2D eigenvalue weighted by molar-refractivity contribution is 7.13. The predicted molar refractivity (Wildman–Crippen MR) is 97.7 cm³/mol. The van der Waals surface area contributed by atoms with Gasteiger partial charge >= 0.3 is 0 Å². The van der Waals surface area contributed by atoms with Gasteiger partial charge in [-0.15, -0.1) is 11.3 Å². The summed E-state index contributed by atoms with van der Waals surface area (Å²) in [5.41, 5.74) is 3.92. The molecule has 0 saturated heterocycles. The van der Waals surface area contributed by atoms with Crippen molar-refractivity contribution in [2.24, 2.45) is 5.10 Å². The smallest absolute Gasteiger partial charge is 0.278 e. The first-order valence-corrected chi connectivity index (χ1v) is 8.22. The minimum Gasteiger partial charge on any atom is -0.457 e. The van der Waals surface area contributed by atoms with Crippen LogP contribution in [0.5, 0.6) is 11.5 Å². The van der Waals surface area contributed by atoms with E-state index in [1.807, 2.05) is 42.6 Å². The summed E-state index contributed by atoms with van der Waals surface area (Å²) in [7, 11) is 0. The van der Waals surface area contributed by atoms with Crippen molar-refractivity contribution in [1.82, 2.24) is 4.98 Å². The van der Waals surface area contributed by atoms with Crippen molar-refractivity contribution in [3.05, 3.63) is 75.3 Å². The molecule has 0 atom stereocenters. The highest BCUT2D eigenvalue weighted by Crippen LogP contribution is 2.26. The third kappa shape index (κ3) is 4.39. The normalized spacial score (nSPS) is 10.8. The molecule has 0 aliphatic carbocycles. The molecule has 0 radical (unpaired) electrons. The van der Waals surface area contributed by atoms with Crippen LogP contribution in [0.15, 0.2) is 59.0 Å². The van der Waals surface area contributed by atoms with E-state index in [2.05, 4.69) is 15.5 Å². The lowest BCUT2D eigenvalue weighted by atomic mass is 10.2.